The van der Waals surface area contributed by atoms with Crippen LogP contribution in [-0.2, 0) is 9.53 Å². The van der Waals surface area contributed by atoms with Crippen molar-refractivity contribution in [2.75, 3.05) is 19.0 Å². The number of benzene rings is 1. The van der Waals surface area contributed by atoms with Crippen LogP contribution in [0.3, 0.4) is 0 Å². The molecule has 1 fully saturated rings. The van der Waals surface area contributed by atoms with Gasteiger partial charge in [-0.25, -0.2) is 4.79 Å². The number of rotatable bonds is 8. The van der Waals surface area contributed by atoms with Gasteiger partial charge in [-0.15, -0.1) is 0 Å². The summed E-state index contributed by atoms with van der Waals surface area (Å²) in [6.45, 7) is 2.24. The largest absolute Gasteiger partial charge is 0.497 e. The minimum Gasteiger partial charge on any atom is -0.497 e. The Kier molecular flexibility index (Phi) is 7.66. The van der Waals surface area contributed by atoms with Crippen molar-refractivity contribution in [3.63, 3.8) is 0 Å². The highest BCUT2D eigenvalue weighted by molar-refractivity contribution is 5.81. The first-order valence-electron chi connectivity index (χ1n) is 8.96. The monoisotopic (exact) mass is 331 g/mol. The van der Waals surface area contributed by atoms with Crippen LogP contribution >= 0.6 is 0 Å². The highest BCUT2D eigenvalue weighted by Gasteiger charge is 2.22. The summed E-state index contributed by atoms with van der Waals surface area (Å²) >= 11 is 0. The lowest BCUT2D eigenvalue weighted by atomic mass is 9.82. The molecule has 1 aliphatic rings. The molecule has 0 amide bonds. The molecule has 1 saturated carbocycles. The molecule has 2 rings (SSSR count). The molecule has 0 aromatic heterocycles. The van der Waals surface area contributed by atoms with E-state index >= 15 is 0 Å². The van der Waals surface area contributed by atoms with Crippen LogP contribution in [0.2, 0.25) is 0 Å². The van der Waals surface area contributed by atoms with Gasteiger partial charge in [0.1, 0.15) is 5.75 Å². The molecule has 4 heteroatoms. The van der Waals surface area contributed by atoms with Crippen LogP contribution in [0.25, 0.3) is 0 Å². The second-order valence-corrected chi connectivity index (χ2v) is 6.27. The fourth-order valence-corrected chi connectivity index (χ4v) is 3.31. The smallest absolute Gasteiger partial charge is 0.330 e. The Morgan fingerprint density at radius 2 is 1.96 bits per heavy atom. The van der Waals surface area contributed by atoms with Gasteiger partial charge in [0, 0.05) is 17.8 Å². The third-order valence-corrected chi connectivity index (χ3v) is 4.59. The van der Waals surface area contributed by atoms with Gasteiger partial charge in [0.25, 0.3) is 0 Å². The summed E-state index contributed by atoms with van der Waals surface area (Å²) in [7, 11) is 1.67. The molecule has 0 spiro atoms. The number of hydrogen-bond acceptors (Lipinski definition) is 4. The van der Waals surface area contributed by atoms with E-state index in [0.29, 0.717) is 18.6 Å². The molecule has 0 unspecified atom stereocenters. The van der Waals surface area contributed by atoms with Crippen molar-refractivity contribution in [3.05, 3.63) is 36.4 Å². The van der Waals surface area contributed by atoms with E-state index in [1.807, 2.05) is 37.3 Å². The van der Waals surface area contributed by atoms with Crippen molar-refractivity contribution in [1.82, 2.24) is 0 Å². The normalized spacial score (nSPS) is 16.8. The molecule has 0 saturated heterocycles. The Balaban J connectivity index is 1.99. The van der Waals surface area contributed by atoms with Gasteiger partial charge in [0.15, 0.2) is 0 Å². The first-order valence-corrected chi connectivity index (χ1v) is 8.96. The Hall–Kier alpha value is -1.97. The Bertz CT molecular complexity index is 518. The van der Waals surface area contributed by atoms with Crippen molar-refractivity contribution in [3.8, 4) is 5.75 Å². The van der Waals surface area contributed by atoms with Crippen molar-refractivity contribution in [2.45, 2.75) is 51.5 Å². The molecule has 1 N–H and O–H groups in total. The average Bonchev–Trinajstić information content (AvgIpc) is 2.62. The molecule has 0 heterocycles. The predicted molar refractivity (Wildman–Crippen MR) is 97.4 cm³/mol. The van der Waals surface area contributed by atoms with Gasteiger partial charge < -0.3 is 14.8 Å². The molecule has 132 valence electrons. The lowest BCUT2D eigenvalue weighted by Gasteiger charge is -2.31. The van der Waals surface area contributed by atoms with Crippen molar-refractivity contribution >= 4 is 11.7 Å². The molecule has 24 heavy (non-hydrogen) atoms. The number of nitrogens with one attached hydrogen (secondary N) is 1. The van der Waals surface area contributed by atoms with E-state index in [9.17, 15) is 4.79 Å². The quantitative estimate of drug-likeness (QED) is 0.560. The second-order valence-electron chi connectivity index (χ2n) is 6.27. The SMILES string of the molecule is CCOC(=O)/C=C/C[C@H](Nc1ccc(OC)cc1)C1CCCCC1. The molecular formula is C20H29NO3. The molecular weight excluding hydrogens is 302 g/mol. The van der Waals surface area contributed by atoms with Crippen LogP contribution < -0.4 is 10.1 Å². The zero-order chi connectivity index (χ0) is 17.2. The van der Waals surface area contributed by atoms with Gasteiger partial charge in [-0.05, 0) is 56.4 Å². The maximum Gasteiger partial charge on any atom is 0.330 e. The van der Waals surface area contributed by atoms with Gasteiger partial charge in [0.05, 0.1) is 13.7 Å². The summed E-state index contributed by atoms with van der Waals surface area (Å²) in [5.41, 5.74) is 1.09. The summed E-state index contributed by atoms with van der Waals surface area (Å²) < 4.78 is 10.2. The van der Waals surface area contributed by atoms with Crippen LogP contribution in [0.4, 0.5) is 5.69 Å². The highest BCUT2D eigenvalue weighted by atomic mass is 16.5. The number of methoxy groups -OCH3 is 1. The van der Waals surface area contributed by atoms with Crippen LogP contribution in [0.1, 0.15) is 45.4 Å². The first kappa shape index (κ1) is 18.4. The fourth-order valence-electron chi connectivity index (χ4n) is 3.31. The zero-order valence-corrected chi connectivity index (χ0v) is 14.8. The van der Waals surface area contributed by atoms with Crippen molar-refractivity contribution in [1.29, 1.82) is 0 Å². The van der Waals surface area contributed by atoms with Crippen molar-refractivity contribution in [2.24, 2.45) is 5.92 Å². The van der Waals surface area contributed by atoms with Gasteiger partial charge in [-0.3, -0.25) is 0 Å². The van der Waals surface area contributed by atoms with Crippen molar-refractivity contribution < 1.29 is 14.3 Å². The molecule has 0 aliphatic heterocycles. The van der Waals surface area contributed by atoms with E-state index in [1.165, 1.54) is 32.1 Å². The summed E-state index contributed by atoms with van der Waals surface area (Å²) in [6, 6.07) is 8.36. The number of esters is 1. The van der Waals surface area contributed by atoms with Gasteiger partial charge in [-0.2, -0.15) is 0 Å². The molecule has 0 bridgehead atoms. The fraction of sp³-hybridized carbons (Fsp3) is 0.550. The number of carbonyl (C=O) groups is 1. The summed E-state index contributed by atoms with van der Waals surface area (Å²) in [6.07, 6.45) is 10.8. The molecule has 1 aromatic carbocycles. The van der Waals surface area contributed by atoms with Crippen LogP contribution in [0, 0.1) is 5.92 Å². The summed E-state index contributed by atoms with van der Waals surface area (Å²) in [4.78, 5) is 11.5. The Labute approximate surface area is 145 Å². The third-order valence-electron chi connectivity index (χ3n) is 4.59. The minimum absolute atomic E-state index is 0.260. The predicted octanol–water partition coefficient (Wildman–Crippen LogP) is 4.57. The molecule has 1 aromatic rings. The minimum atomic E-state index is -0.260. The Morgan fingerprint density at radius 3 is 2.58 bits per heavy atom. The maximum atomic E-state index is 11.5. The van der Waals surface area contributed by atoms with Crippen LogP contribution in [-0.4, -0.2) is 25.7 Å². The van der Waals surface area contributed by atoms with Gasteiger partial charge in [0.2, 0.25) is 0 Å². The third kappa shape index (κ3) is 5.91. The topological polar surface area (TPSA) is 47.6 Å². The van der Waals surface area contributed by atoms with Crippen LogP contribution in [0.15, 0.2) is 36.4 Å². The number of carbonyl (C=O) groups excluding carboxylic acids is 1. The maximum absolute atomic E-state index is 11.5. The van der Waals surface area contributed by atoms with E-state index in [-0.39, 0.29) is 5.97 Å². The standard InChI is InChI=1S/C20H29NO3/c1-3-24-20(22)11-7-10-19(16-8-5-4-6-9-16)21-17-12-14-18(23-2)15-13-17/h7,11-16,19,21H,3-6,8-10H2,1-2H3/b11-7+/t19-/m0/s1. The number of anilines is 1. The lowest BCUT2D eigenvalue weighted by Crippen LogP contribution is -2.30. The average molecular weight is 331 g/mol. The van der Waals surface area contributed by atoms with E-state index in [4.69, 9.17) is 9.47 Å². The highest BCUT2D eigenvalue weighted by Crippen LogP contribution is 2.30. The van der Waals surface area contributed by atoms with Crippen LogP contribution in [0.5, 0.6) is 5.75 Å². The second kappa shape index (κ2) is 10.0. The molecule has 1 atom stereocenters. The van der Waals surface area contributed by atoms with Gasteiger partial charge in [-0.1, -0.05) is 25.3 Å². The van der Waals surface area contributed by atoms with E-state index < -0.39 is 0 Å². The van der Waals surface area contributed by atoms with E-state index in [0.717, 1.165) is 17.9 Å². The Morgan fingerprint density at radius 1 is 1.25 bits per heavy atom. The first-order chi connectivity index (χ1) is 11.7. The molecule has 1 aliphatic carbocycles. The summed E-state index contributed by atoms with van der Waals surface area (Å²) in [5.74, 6) is 1.24. The van der Waals surface area contributed by atoms with E-state index in [1.54, 1.807) is 13.2 Å². The molecule has 4 nitrogen and oxygen atoms in total. The lowest BCUT2D eigenvalue weighted by molar-refractivity contribution is -0.137. The van der Waals surface area contributed by atoms with E-state index in [2.05, 4.69) is 5.32 Å². The molecule has 0 radical (unpaired) electrons. The number of hydrogen-bond donors (Lipinski definition) is 1. The van der Waals surface area contributed by atoms with Gasteiger partial charge >= 0.3 is 5.97 Å². The zero-order valence-electron chi connectivity index (χ0n) is 14.8. The summed E-state index contributed by atoms with van der Waals surface area (Å²) in [5, 5.41) is 3.65. The number of ether oxygens (including phenoxy) is 2.